The molecule has 5 nitrogen and oxygen atoms in total. The van der Waals surface area contributed by atoms with E-state index < -0.39 is 0 Å². The molecule has 0 unspecified atom stereocenters. The van der Waals surface area contributed by atoms with Gasteiger partial charge in [0.05, 0.1) is 0 Å². The highest BCUT2D eigenvalue weighted by molar-refractivity contribution is 7.99. The van der Waals surface area contributed by atoms with E-state index in [2.05, 4.69) is 45.8 Å². The molecule has 0 atom stereocenters. The van der Waals surface area contributed by atoms with E-state index in [0.717, 1.165) is 62.3 Å². The molecule has 1 aromatic carbocycles. The molecule has 0 bridgehead atoms. The Balaban J connectivity index is 1.51. The van der Waals surface area contributed by atoms with Crippen molar-refractivity contribution in [3.05, 3.63) is 35.5 Å². The van der Waals surface area contributed by atoms with Crippen molar-refractivity contribution in [2.24, 2.45) is 0 Å². The number of piperazine rings is 1. The van der Waals surface area contributed by atoms with Crippen LogP contribution in [0, 0.1) is 0 Å². The number of nitrogens with zero attached hydrogens (tertiary/aromatic N) is 3. The first kappa shape index (κ1) is 20.8. The highest BCUT2D eigenvalue weighted by Crippen LogP contribution is 2.26. The van der Waals surface area contributed by atoms with Gasteiger partial charge in [-0.3, -0.25) is 14.6 Å². The van der Waals surface area contributed by atoms with Crippen molar-refractivity contribution in [3.63, 3.8) is 0 Å². The summed E-state index contributed by atoms with van der Waals surface area (Å²) in [6, 6.07) is 6.76. The van der Waals surface area contributed by atoms with Gasteiger partial charge in [0.1, 0.15) is 0 Å². The summed E-state index contributed by atoms with van der Waals surface area (Å²) in [4.78, 5) is 24.0. The number of hydrogen-bond acceptors (Lipinski definition) is 4. The molecule has 4 rings (SSSR count). The van der Waals surface area contributed by atoms with Crippen LogP contribution >= 0.6 is 11.8 Å². The molecule has 2 saturated heterocycles. The Kier molecular flexibility index (Phi) is 6.83. The highest BCUT2D eigenvalue weighted by Gasteiger charge is 2.27. The number of rotatable bonds is 6. The van der Waals surface area contributed by atoms with Crippen molar-refractivity contribution >= 4 is 28.6 Å². The van der Waals surface area contributed by atoms with Crippen molar-refractivity contribution in [1.82, 2.24) is 19.7 Å². The third kappa shape index (κ3) is 4.49. The van der Waals surface area contributed by atoms with Crippen LogP contribution in [-0.2, 0) is 6.54 Å². The van der Waals surface area contributed by atoms with Gasteiger partial charge in [-0.1, -0.05) is 19.9 Å². The van der Waals surface area contributed by atoms with Crippen LogP contribution in [0.25, 0.3) is 10.9 Å². The lowest BCUT2D eigenvalue weighted by Crippen LogP contribution is -2.51. The number of thioether (sulfide) groups is 1. The van der Waals surface area contributed by atoms with Crippen molar-refractivity contribution in [3.8, 4) is 0 Å². The number of H-pyrrole nitrogens is 1. The second-order valence-electron chi connectivity index (χ2n) is 8.23. The SMILES string of the molecule is CCC(CC)N1CCN(C(=O)c2cccc3[nH]cc(CN4CCSCC4)c23)CC1. The molecular weight excluding hydrogens is 380 g/mol. The van der Waals surface area contributed by atoms with Gasteiger partial charge in [0, 0.05) is 86.0 Å². The number of aromatic nitrogens is 1. The summed E-state index contributed by atoms with van der Waals surface area (Å²) < 4.78 is 0. The second kappa shape index (κ2) is 9.54. The number of carbonyl (C=O) groups excluding carboxylic acids is 1. The maximum atomic E-state index is 13.4. The standard InChI is InChI=1S/C23H34N4OS/c1-3-19(4-2)26-8-10-27(11-9-26)23(28)20-6-5-7-21-22(20)18(16-24-21)17-25-12-14-29-15-13-25/h5-7,16,19,24H,3-4,8-15,17H2,1-2H3. The number of nitrogens with one attached hydrogen (secondary N) is 1. The smallest absolute Gasteiger partial charge is 0.254 e. The number of aromatic amines is 1. The predicted molar refractivity (Wildman–Crippen MR) is 123 cm³/mol. The van der Waals surface area contributed by atoms with Crippen molar-refractivity contribution in [2.75, 3.05) is 50.8 Å². The second-order valence-corrected chi connectivity index (χ2v) is 9.45. The summed E-state index contributed by atoms with van der Waals surface area (Å²) in [5.41, 5.74) is 3.19. The number of carbonyl (C=O) groups is 1. The van der Waals surface area contributed by atoms with Crippen LogP contribution in [0.3, 0.4) is 0 Å². The highest BCUT2D eigenvalue weighted by atomic mass is 32.2. The van der Waals surface area contributed by atoms with E-state index in [1.807, 2.05) is 23.9 Å². The van der Waals surface area contributed by atoms with Gasteiger partial charge < -0.3 is 9.88 Å². The monoisotopic (exact) mass is 414 g/mol. The molecule has 2 aliphatic rings. The molecule has 0 saturated carbocycles. The van der Waals surface area contributed by atoms with Gasteiger partial charge >= 0.3 is 0 Å². The molecule has 1 amide bonds. The lowest BCUT2D eigenvalue weighted by Gasteiger charge is -2.39. The number of hydrogen-bond donors (Lipinski definition) is 1. The molecule has 6 heteroatoms. The van der Waals surface area contributed by atoms with Crippen molar-refractivity contribution < 1.29 is 4.79 Å². The van der Waals surface area contributed by atoms with E-state index in [-0.39, 0.29) is 5.91 Å². The zero-order chi connectivity index (χ0) is 20.2. The molecule has 2 aliphatic heterocycles. The minimum absolute atomic E-state index is 0.190. The molecule has 3 heterocycles. The van der Waals surface area contributed by atoms with E-state index >= 15 is 0 Å². The normalized spacial score (nSPS) is 19.3. The summed E-state index contributed by atoms with van der Waals surface area (Å²) in [7, 11) is 0. The van der Waals surface area contributed by atoms with Crippen LogP contribution in [0.4, 0.5) is 0 Å². The fourth-order valence-corrected chi connectivity index (χ4v) is 5.80. The van der Waals surface area contributed by atoms with E-state index in [4.69, 9.17) is 0 Å². The number of amides is 1. The molecule has 2 fully saturated rings. The van der Waals surface area contributed by atoms with Gasteiger partial charge in [-0.25, -0.2) is 0 Å². The summed E-state index contributed by atoms with van der Waals surface area (Å²) in [5, 5.41) is 1.12. The Morgan fingerprint density at radius 2 is 1.79 bits per heavy atom. The average Bonchev–Trinajstić information content (AvgIpc) is 3.18. The van der Waals surface area contributed by atoms with Gasteiger partial charge in [-0.05, 0) is 30.5 Å². The third-order valence-corrected chi connectivity index (χ3v) is 7.52. The molecule has 1 aromatic heterocycles. The number of fused-ring (bicyclic) bond motifs is 1. The van der Waals surface area contributed by atoms with E-state index in [0.29, 0.717) is 6.04 Å². The lowest BCUT2D eigenvalue weighted by molar-refractivity contribution is 0.0561. The Hall–Kier alpha value is -1.50. The van der Waals surface area contributed by atoms with Crippen LogP contribution in [0.1, 0.15) is 42.6 Å². The first-order chi connectivity index (χ1) is 14.2. The van der Waals surface area contributed by atoms with Crippen LogP contribution in [0.15, 0.2) is 24.4 Å². The maximum absolute atomic E-state index is 13.4. The van der Waals surface area contributed by atoms with Crippen LogP contribution in [0.5, 0.6) is 0 Å². The van der Waals surface area contributed by atoms with E-state index in [1.54, 1.807) is 0 Å². The summed E-state index contributed by atoms with van der Waals surface area (Å²) in [6.45, 7) is 11.3. The lowest BCUT2D eigenvalue weighted by atomic mass is 10.0. The third-order valence-electron chi connectivity index (χ3n) is 6.58. The zero-order valence-corrected chi connectivity index (χ0v) is 18.6. The first-order valence-corrected chi connectivity index (χ1v) is 12.3. The first-order valence-electron chi connectivity index (χ1n) is 11.1. The topological polar surface area (TPSA) is 42.6 Å². The molecule has 0 radical (unpaired) electrons. The van der Waals surface area contributed by atoms with Crippen LogP contribution < -0.4 is 0 Å². The average molecular weight is 415 g/mol. The molecule has 0 spiro atoms. The number of benzene rings is 1. The van der Waals surface area contributed by atoms with Gasteiger partial charge in [-0.2, -0.15) is 11.8 Å². The van der Waals surface area contributed by atoms with Crippen LogP contribution in [0.2, 0.25) is 0 Å². The largest absolute Gasteiger partial charge is 0.361 e. The van der Waals surface area contributed by atoms with E-state index in [1.165, 1.54) is 29.9 Å². The minimum atomic E-state index is 0.190. The van der Waals surface area contributed by atoms with Crippen molar-refractivity contribution in [1.29, 1.82) is 0 Å². The fraction of sp³-hybridized carbons (Fsp3) is 0.609. The minimum Gasteiger partial charge on any atom is -0.361 e. The summed E-state index contributed by atoms with van der Waals surface area (Å²) in [5.74, 6) is 2.60. The van der Waals surface area contributed by atoms with Gasteiger partial charge in [0.15, 0.2) is 0 Å². The summed E-state index contributed by atoms with van der Waals surface area (Å²) >= 11 is 2.03. The maximum Gasteiger partial charge on any atom is 0.254 e. The Morgan fingerprint density at radius 1 is 1.07 bits per heavy atom. The molecule has 1 N–H and O–H groups in total. The Labute approximate surface area is 178 Å². The van der Waals surface area contributed by atoms with Crippen LogP contribution in [-0.4, -0.2) is 82.4 Å². The van der Waals surface area contributed by atoms with Gasteiger partial charge in [-0.15, -0.1) is 0 Å². The molecule has 2 aromatic rings. The molecule has 29 heavy (non-hydrogen) atoms. The van der Waals surface area contributed by atoms with Gasteiger partial charge in [0.2, 0.25) is 0 Å². The zero-order valence-electron chi connectivity index (χ0n) is 17.8. The molecular formula is C23H34N4OS. The quantitative estimate of drug-likeness (QED) is 0.783. The molecule has 0 aliphatic carbocycles. The fourth-order valence-electron chi connectivity index (χ4n) is 4.82. The van der Waals surface area contributed by atoms with Crippen molar-refractivity contribution in [2.45, 2.75) is 39.3 Å². The Morgan fingerprint density at radius 3 is 2.48 bits per heavy atom. The van der Waals surface area contributed by atoms with E-state index in [9.17, 15) is 4.79 Å². The molecule has 158 valence electrons. The van der Waals surface area contributed by atoms with Gasteiger partial charge in [0.25, 0.3) is 5.91 Å². The summed E-state index contributed by atoms with van der Waals surface area (Å²) in [6.07, 6.45) is 4.48. The Bertz CT molecular complexity index is 817. The predicted octanol–water partition coefficient (Wildman–Crippen LogP) is 3.66.